The molecule has 0 bridgehead atoms. The molecule has 432 valence electrons. The van der Waals surface area contributed by atoms with Crippen LogP contribution < -0.4 is 0 Å². The summed E-state index contributed by atoms with van der Waals surface area (Å²) < 4.78 is 0. The number of fused-ring (bicyclic) bond motifs is 2. The van der Waals surface area contributed by atoms with E-state index in [1.165, 1.54) is 133 Å². The molecule has 0 aliphatic heterocycles. The van der Waals surface area contributed by atoms with Gasteiger partial charge in [0.15, 0.2) is 11.6 Å². The molecule has 0 saturated heterocycles. The van der Waals surface area contributed by atoms with Crippen molar-refractivity contribution in [3.05, 3.63) is 326 Å². The minimum absolute atomic E-state index is 0.0231. The molecule has 0 aliphatic rings. The van der Waals surface area contributed by atoms with E-state index in [1.54, 1.807) is 24.3 Å². The van der Waals surface area contributed by atoms with Crippen molar-refractivity contribution in [2.45, 2.75) is 0 Å². The van der Waals surface area contributed by atoms with E-state index >= 15 is 0 Å². The lowest BCUT2D eigenvalue weighted by Crippen LogP contribution is -2.16. The van der Waals surface area contributed by atoms with E-state index in [4.69, 9.17) is 19.6 Å². The summed E-state index contributed by atoms with van der Waals surface area (Å²) in [6, 6.07) is 53.5. The monoisotopic (exact) mass is 1180 g/mol. The average Bonchev–Trinajstić information content (AvgIpc) is 2.95. The quantitative estimate of drug-likeness (QED) is 0.0285. The van der Waals surface area contributed by atoms with Gasteiger partial charge in [-0.3, -0.25) is 50.0 Å². The molecule has 0 amide bonds. The van der Waals surface area contributed by atoms with E-state index in [9.17, 15) is 69.2 Å². The van der Waals surface area contributed by atoms with Gasteiger partial charge >= 0.3 is 23.9 Å². The first kappa shape index (κ1) is 59.6. The number of hydrogen-bond donors (Lipinski definition) is 0. The van der Waals surface area contributed by atoms with Crippen molar-refractivity contribution in [1.29, 1.82) is 0 Å². The smallest absolute Gasteiger partial charge is 0.289 e. The Labute approximate surface area is 495 Å². The van der Waals surface area contributed by atoms with Crippen molar-refractivity contribution in [3.63, 3.8) is 0 Å². The number of non-ortho nitro benzene ring substituents is 4. The van der Waals surface area contributed by atoms with Gasteiger partial charge in [0.25, 0.3) is 22.7 Å². The third-order valence-corrected chi connectivity index (χ3v) is 13.3. The first-order valence-corrected chi connectivity index (χ1v) is 26.0. The first-order chi connectivity index (χ1) is 42.4. The summed E-state index contributed by atoms with van der Waals surface area (Å²) in [4.78, 5) is 142. The van der Waals surface area contributed by atoms with Crippen LogP contribution in [0, 0.1) is 40.5 Å². The Morgan fingerprint density at radius 2 is 0.545 bits per heavy atom. The van der Waals surface area contributed by atoms with Crippen molar-refractivity contribution >= 4 is 104 Å². The number of carbonyl (C=O) groups excluding carboxylic acids is 6. The van der Waals surface area contributed by atoms with Crippen LogP contribution in [0.25, 0.3) is 45.8 Å². The van der Waals surface area contributed by atoms with Gasteiger partial charge in [0, 0.05) is 81.9 Å². The minimum atomic E-state index is -1.26. The summed E-state index contributed by atoms with van der Waals surface area (Å²) >= 11 is 0. The van der Waals surface area contributed by atoms with Gasteiger partial charge in [0.05, 0.1) is 41.9 Å². The SMILES string of the molecule is O=C(OOC(=O)c1cccc(C(=O)c2ccc([N+](=O)[O-])cc2)c1/C=C/c1ccc([N+](=O)[O-])cc1)c1cccc(C(=O)c2ccc([N+](=O)[O-])cc2)c1/C=C/c1ccc([N+](=O)[O-])cc1.O=C(OOC(=O)c1cccc2ccccc12)c1cccc2ccccc12. The van der Waals surface area contributed by atoms with E-state index in [2.05, 4.69) is 0 Å². The number of nitro benzene ring substituents is 4. The van der Waals surface area contributed by atoms with Crippen molar-refractivity contribution < 1.29 is 68.0 Å². The van der Waals surface area contributed by atoms with Gasteiger partial charge in [-0.1, -0.05) is 121 Å². The van der Waals surface area contributed by atoms with Crippen molar-refractivity contribution in [2.75, 3.05) is 0 Å². The molecular weight excluding hydrogens is 1140 g/mol. The van der Waals surface area contributed by atoms with Crippen molar-refractivity contribution in [1.82, 2.24) is 0 Å². The highest BCUT2D eigenvalue weighted by atomic mass is 17.2. The van der Waals surface area contributed by atoms with E-state index in [0.717, 1.165) is 45.8 Å². The summed E-state index contributed by atoms with van der Waals surface area (Å²) in [5.74, 6) is -5.27. The van der Waals surface area contributed by atoms with Crippen LogP contribution in [0.1, 0.15) is 95.5 Å². The van der Waals surface area contributed by atoms with Gasteiger partial charge in [-0.2, -0.15) is 0 Å². The van der Waals surface area contributed by atoms with E-state index in [1.807, 2.05) is 60.7 Å². The molecule has 10 aromatic rings. The van der Waals surface area contributed by atoms with Crippen molar-refractivity contribution in [3.8, 4) is 0 Å². The fraction of sp³-hybridized carbons (Fsp3) is 0. The highest BCUT2D eigenvalue weighted by molar-refractivity contribution is 6.15. The molecule has 88 heavy (non-hydrogen) atoms. The van der Waals surface area contributed by atoms with Crippen LogP contribution in [-0.2, 0) is 19.6 Å². The molecule has 10 rings (SSSR count). The molecule has 0 aliphatic carbocycles. The fourth-order valence-corrected chi connectivity index (χ4v) is 8.93. The van der Waals surface area contributed by atoms with Gasteiger partial charge < -0.3 is 0 Å². The lowest BCUT2D eigenvalue weighted by Gasteiger charge is -2.12. The van der Waals surface area contributed by atoms with Gasteiger partial charge in [-0.25, -0.2) is 38.7 Å². The number of nitro groups is 4. The second-order valence-electron chi connectivity index (χ2n) is 18.7. The molecule has 0 heterocycles. The van der Waals surface area contributed by atoms with Crippen molar-refractivity contribution in [2.24, 2.45) is 0 Å². The summed E-state index contributed by atoms with van der Waals surface area (Å²) in [6.45, 7) is 0. The second kappa shape index (κ2) is 26.9. The first-order valence-electron chi connectivity index (χ1n) is 26.0. The van der Waals surface area contributed by atoms with Crippen LogP contribution in [0.3, 0.4) is 0 Å². The minimum Gasteiger partial charge on any atom is -0.289 e. The van der Waals surface area contributed by atoms with Crippen LogP contribution in [0.4, 0.5) is 22.7 Å². The maximum atomic E-state index is 13.8. The molecule has 0 unspecified atom stereocenters. The van der Waals surface area contributed by atoms with Crippen LogP contribution in [0.15, 0.2) is 218 Å². The van der Waals surface area contributed by atoms with E-state index < -0.39 is 55.1 Å². The zero-order chi connectivity index (χ0) is 62.4. The van der Waals surface area contributed by atoms with Gasteiger partial charge in [0.2, 0.25) is 0 Å². The highest BCUT2D eigenvalue weighted by Gasteiger charge is 2.26. The Hall–Kier alpha value is -13.0. The maximum absolute atomic E-state index is 13.8. The maximum Gasteiger partial charge on any atom is 0.386 e. The molecule has 0 atom stereocenters. The van der Waals surface area contributed by atoms with Gasteiger partial charge in [-0.05, 0) is 105 Å². The van der Waals surface area contributed by atoms with Crippen LogP contribution >= 0.6 is 0 Å². The van der Waals surface area contributed by atoms with E-state index in [-0.39, 0.29) is 67.3 Å². The molecule has 0 spiro atoms. The number of hydrogen-bond acceptors (Lipinski definition) is 18. The number of nitrogens with zero attached hydrogens (tertiary/aromatic N) is 4. The Morgan fingerprint density at radius 1 is 0.284 bits per heavy atom. The Bertz CT molecular complexity index is 4210. The summed E-state index contributed by atoms with van der Waals surface area (Å²) in [6.07, 6.45) is 5.61. The largest absolute Gasteiger partial charge is 0.386 e. The van der Waals surface area contributed by atoms with Gasteiger partial charge in [-0.15, -0.1) is 0 Å². The predicted octanol–water partition coefficient (Wildman–Crippen LogP) is 14.0. The molecule has 0 fully saturated rings. The number of benzene rings is 10. The van der Waals surface area contributed by atoms with Crippen LogP contribution in [0.5, 0.6) is 0 Å². The third kappa shape index (κ3) is 13.9. The number of ketones is 2. The summed E-state index contributed by atoms with van der Waals surface area (Å²) in [5.41, 5.74) is -0.149. The number of rotatable bonds is 16. The normalized spacial score (nSPS) is 10.8. The van der Waals surface area contributed by atoms with Crippen LogP contribution in [-0.4, -0.2) is 55.1 Å². The highest BCUT2D eigenvalue weighted by Crippen LogP contribution is 2.29. The Balaban J connectivity index is 0.000000292. The molecule has 0 N–H and O–H groups in total. The molecule has 22 heteroatoms. The van der Waals surface area contributed by atoms with Crippen LogP contribution in [0.2, 0.25) is 0 Å². The fourth-order valence-electron chi connectivity index (χ4n) is 8.93. The lowest BCUT2D eigenvalue weighted by molar-refractivity contribution is -0.385. The van der Waals surface area contributed by atoms with Gasteiger partial charge in [0.1, 0.15) is 0 Å². The molecule has 0 radical (unpaired) electrons. The zero-order valence-corrected chi connectivity index (χ0v) is 45.2. The molecule has 0 saturated carbocycles. The topological polar surface area (TPSA) is 312 Å². The molecular formula is C66H40N4O18. The summed E-state index contributed by atoms with van der Waals surface area (Å²) in [7, 11) is 0. The molecule has 0 aromatic heterocycles. The third-order valence-electron chi connectivity index (χ3n) is 13.3. The standard InChI is InChI=1S/C44H26N4O14.C22H14O4/c49-41(29-13-21-33(22-14-29)47(57)58)37-3-1-5-39(35(37)25-11-27-7-17-31(18-8-27)45(53)54)43(51)61-62-44(52)40-6-2-4-38(42(50)30-15-23-34(24-16-30)48(59)60)36(40)26-12-28-9-19-32(20-10-28)46(55)56;23-21(19-13-5-9-15-7-1-3-11-17(15)19)25-26-22(24)20-14-6-10-16-8-2-4-12-18(16)20/h1-26H;1-14H/b25-11+,26-12+;. The number of carbonyl (C=O) groups is 6. The lowest BCUT2D eigenvalue weighted by atomic mass is 9.93. The molecule has 22 nitrogen and oxygen atoms in total. The van der Waals surface area contributed by atoms with E-state index in [0.29, 0.717) is 22.3 Å². The second-order valence-corrected chi connectivity index (χ2v) is 18.7. The average molecular weight is 1180 g/mol. The summed E-state index contributed by atoms with van der Waals surface area (Å²) in [5, 5.41) is 48.0. The molecule has 10 aromatic carbocycles. The Morgan fingerprint density at radius 3 is 0.875 bits per heavy atom. The Kier molecular flexibility index (Phi) is 18.3. The zero-order valence-electron chi connectivity index (χ0n) is 45.2. The predicted molar refractivity (Wildman–Crippen MR) is 320 cm³/mol.